The van der Waals surface area contributed by atoms with Gasteiger partial charge in [-0.05, 0) is 43.5 Å². The predicted octanol–water partition coefficient (Wildman–Crippen LogP) is 2.54. The van der Waals surface area contributed by atoms with Gasteiger partial charge in [0.05, 0.1) is 6.33 Å². The van der Waals surface area contributed by atoms with Crippen LogP contribution in [0.15, 0.2) is 43.0 Å². The third-order valence-electron chi connectivity index (χ3n) is 3.59. The third kappa shape index (κ3) is 3.92. The van der Waals surface area contributed by atoms with E-state index in [0.29, 0.717) is 12.0 Å². The first-order chi connectivity index (χ1) is 9.70. The zero-order chi connectivity index (χ0) is 14.4. The van der Waals surface area contributed by atoms with E-state index in [2.05, 4.69) is 48.4 Å². The van der Waals surface area contributed by atoms with Gasteiger partial charge in [-0.25, -0.2) is 4.98 Å². The van der Waals surface area contributed by atoms with Gasteiger partial charge in [0.25, 0.3) is 0 Å². The van der Waals surface area contributed by atoms with Gasteiger partial charge in [0.15, 0.2) is 0 Å². The zero-order valence-electron chi connectivity index (χ0n) is 12.2. The lowest BCUT2D eigenvalue weighted by molar-refractivity contribution is 0.258. The molecule has 108 valence electrons. The lowest BCUT2D eigenvalue weighted by atomic mass is 10.1. The van der Waals surface area contributed by atoms with Crippen molar-refractivity contribution in [3.8, 4) is 5.69 Å². The summed E-state index contributed by atoms with van der Waals surface area (Å²) in [5.41, 5.74) is 2.39. The molecule has 4 heteroatoms. The number of hydrogen-bond acceptors (Lipinski definition) is 3. The van der Waals surface area contributed by atoms with E-state index in [1.807, 2.05) is 10.8 Å². The number of benzene rings is 1. The van der Waals surface area contributed by atoms with E-state index < -0.39 is 0 Å². The molecule has 1 aromatic carbocycles. The molecule has 2 atom stereocenters. The van der Waals surface area contributed by atoms with E-state index >= 15 is 0 Å². The molecule has 0 radical (unpaired) electrons. The van der Waals surface area contributed by atoms with Gasteiger partial charge in [-0.15, -0.1) is 0 Å². The molecule has 2 aromatic rings. The monoisotopic (exact) mass is 273 g/mol. The van der Waals surface area contributed by atoms with Crippen LogP contribution in [0.2, 0.25) is 0 Å². The van der Waals surface area contributed by atoms with Gasteiger partial charge in [0.2, 0.25) is 0 Å². The van der Waals surface area contributed by atoms with Crippen molar-refractivity contribution in [2.24, 2.45) is 5.92 Å². The van der Waals surface area contributed by atoms with Crippen LogP contribution in [-0.4, -0.2) is 27.8 Å². The number of nitrogens with zero attached hydrogens (tertiary/aromatic N) is 2. The molecule has 0 saturated carbocycles. The highest BCUT2D eigenvalue weighted by molar-refractivity contribution is 5.35. The third-order valence-corrected chi connectivity index (χ3v) is 3.59. The molecule has 1 aromatic heterocycles. The lowest BCUT2D eigenvalue weighted by Gasteiger charge is -2.18. The van der Waals surface area contributed by atoms with Crippen LogP contribution in [0.3, 0.4) is 0 Å². The lowest BCUT2D eigenvalue weighted by Crippen LogP contribution is -2.25. The van der Waals surface area contributed by atoms with Crippen molar-refractivity contribution in [3.63, 3.8) is 0 Å². The molecular formula is C16H23N3O. The van der Waals surface area contributed by atoms with Gasteiger partial charge in [-0.3, -0.25) is 0 Å². The first-order valence-corrected chi connectivity index (χ1v) is 7.13. The van der Waals surface area contributed by atoms with E-state index in [0.717, 1.165) is 18.7 Å². The van der Waals surface area contributed by atoms with E-state index in [9.17, 15) is 0 Å². The minimum Gasteiger partial charge on any atom is -0.396 e. The second kappa shape index (κ2) is 7.22. The minimum atomic E-state index is 0.261. The summed E-state index contributed by atoms with van der Waals surface area (Å²) in [5.74, 6) is 0.493. The Labute approximate surface area is 120 Å². The Kier molecular flexibility index (Phi) is 5.32. The molecule has 4 nitrogen and oxygen atoms in total. The summed E-state index contributed by atoms with van der Waals surface area (Å²) in [7, 11) is 0. The van der Waals surface area contributed by atoms with Crippen molar-refractivity contribution < 1.29 is 5.11 Å². The largest absolute Gasteiger partial charge is 0.396 e. The van der Waals surface area contributed by atoms with Crippen LogP contribution in [0.1, 0.15) is 31.9 Å². The normalized spacial score (nSPS) is 14.2. The summed E-state index contributed by atoms with van der Waals surface area (Å²) in [6, 6.07) is 8.81. The molecule has 0 bridgehead atoms. The van der Waals surface area contributed by atoms with Gasteiger partial charge < -0.3 is 15.0 Å². The maximum absolute atomic E-state index is 8.90. The predicted molar refractivity (Wildman–Crippen MR) is 80.8 cm³/mol. The van der Waals surface area contributed by atoms with Gasteiger partial charge in [0, 0.05) is 30.7 Å². The number of imidazole rings is 1. The number of hydrogen-bond donors (Lipinski definition) is 2. The molecule has 2 unspecified atom stereocenters. The first-order valence-electron chi connectivity index (χ1n) is 7.13. The highest BCUT2D eigenvalue weighted by atomic mass is 16.3. The Hall–Kier alpha value is -1.65. The van der Waals surface area contributed by atoms with Crippen LogP contribution in [0.5, 0.6) is 0 Å². The van der Waals surface area contributed by atoms with Gasteiger partial charge in [0.1, 0.15) is 0 Å². The first kappa shape index (κ1) is 14.8. The van der Waals surface area contributed by atoms with Crippen LogP contribution in [-0.2, 0) is 0 Å². The Bertz CT molecular complexity index is 493. The summed E-state index contributed by atoms with van der Waals surface area (Å²) >= 11 is 0. The number of rotatable bonds is 7. The zero-order valence-corrected chi connectivity index (χ0v) is 12.2. The second-order valence-electron chi connectivity index (χ2n) is 5.31. The van der Waals surface area contributed by atoms with E-state index in [1.165, 1.54) is 5.56 Å². The standard InChI is InChI=1S/C16H23N3O/c1-13(7-10-20)11-18-14(2)15-3-5-16(6-4-15)19-9-8-17-12-19/h3-6,8-9,12-14,18,20H,7,10-11H2,1-2H3. The number of aromatic nitrogens is 2. The number of aliphatic hydroxyl groups is 1. The molecule has 0 fully saturated rings. The molecule has 2 rings (SSSR count). The molecule has 2 N–H and O–H groups in total. The minimum absolute atomic E-state index is 0.261. The fourth-order valence-electron chi connectivity index (χ4n) is 2.17. The van der Waals surface area contributed by atoms with Gasteiger partial charge in [-0.1, -0.05) is 19.1 Å². The average Bonchev–Trinajstić information content (AvgIpc) is 2.99. The molecular weight excluding hydrogens is 250 g/mol. The van der Waals surface area contributed by atoms with Gasteiger partial charge >= 0.3 is 0 Å². The van der Waals surface area contributed by atoms with Crippen LogP contribution in [0, 0.1) is 5.92 Å². The molecule has 0 saturated heterocycles. The number of nitrogens with one attached hydrogen (secondary N) is 1. The Morgan fingerprint density at radius 2 is 2.00 bits per heavy atom. The van der Waals surface area contributed by atoms with Crippen molar-refractivity contribution >= 4 is 0 Å². The molecule has 0 amide bonds. The Morgan fingerprint density at radius 1 is 1.25 bits per heavy atom. The SMILES string of the molecule is CC(CCO)CNC(C)c1ccc(-n2ccnc2)cc1. The van der Waals surface area contributed by atoms with Crippen molar-refractivity contribution in [1.29, 1.82) is 0 Å². The highest BCUT2D eigenvalue weighted by Crippen LogP contribution is 2.16. The summed E-state index contributed by atoms with van der Waals surface area (Å²) < 4.78 is 1.99. The number of aliphatic hydroxyl groups excluding tert-OH is 1. The highest BCUT2D eigenvalue weighted by Gasteiger charge is 2.07. The molecule has 20 heavy (non-hydrogen) atoms. The van der Waals surface area contributed by atoms with Crippen molar-refractivity contribution in [3.05, 3.63) is 48.5 Å². The summed E-state index contributed by atoms with van der Waals surface area (Å²) in [5, 5.41) is 12.4. The molecule has 0 spiro atoms. The van der Waals surface area contributed by atoms with Crippen LogP contribution >= 0.6 is 0 Å². The Balaban J connectivity index is 1.92. The fourth-order valence-corrected chi connectivity index (χ4v) is 2.17. The summed E-state index contributed by atoms with van der Waals surface area (Å²) in [4.78, 5) is 4.05. The maximum Gasteiger partial charge on any atom is 0.0991 e. The average molecular weight is 273 g/mol. The Morgan fingerprint density at radius 3 is 2.60 bits per heavy atom. The van der Waals surface area contributed by atoms with E-state index in [1.54, 1.807) is 12.5 Å². The van der Waals surface area contributed by atoms with Crippen molar-refractivity contribution in [1.82, 2.24) is 14.9 Å². The van der Waals surface area contributed by atoms with E-state index in [-0.39, 0.29) is 6.61 Å². The molecule has 1 heterocycles. The van der Waals surface area contributed by atoms with Crippen LogP contribution in [0.25, 0.3) is 5.69 Å². The summed E-state index contributed by atoms with van der Waals surface area (Å²) in [6.07, 6.45) is 6.36. The fraction of sp³-hybridized carbons (Fsp3) is 0.438. The molecule has 0 aliphatic rings. The topological polar surface area (TPSA) is 50.1 Å². The summed E-state index contributed by atoms with van der Waals surface area (Å²) in [6.45, 7) is 5.50. The van der Waals surface area contributed by atoms with Crippen LogP contribution in [0.4, 0.5) is 0 Å². The smallest absolute Gasteiger partial charge is 0.0991 e. The quantitative estimate of drug-likeness (QED) is 0.815. The maximum atomic E-state index is 8.90. The molecule has 0 aliphatic heterocycles. The van der Waals surface area contributed by atoms with E-state index in [4.69, 9.17) is 5.11 Å². The van der Waals surface area contributed by atoms with Crippen LogP contribution < -0.4 is 5.32 Å². The van der Waals surface area contributed by atoms with Crippen molar-refractivity contribution in [2.45, 2.75) is 26.3 Å². The van der Waals surface area contributed by atoms with Gasteiger partial charge in [-0.2, -0.15) is 0 Å². The van der Waals surface area contributed by atoms with Crippen molar-refractivity contribution in [2.75, 3.05) is 13.2 Å². The molecule has 0 aliphatic carbocycles. The second-order valence-corrected chi connectivity index (χ2v) is 5.31.